The number of nitrogens with zero attached hydrogens (tertiary/aromatic N) is 2. The Bertz CT molecular complexity index is 764. The lowest BCUT2D eigenvalue weighted by molar-refractivity contribution is 0.223. The van der Waals surface area contributed by atoms with Crippen LogP contribution in [-0.2, 0) is 6.42 Å². The molecule has 1 N–H and O–H groups in total. The van der Waals surface area contributed by atoms with Crippen LogP contribution in [0.25, 0.3) is 0 Å². The number of benzene rings is 2. The number of urea groups is 1. The van der Waals surface area contributed by atoms with Gasteiger partial charge in [-0.15, -0.1) is 0 Å². The molecular formula is C17H14Cl2FN3O. The number of rotatable bonds is 4. The van der Waals surface area contributed by atoms with E-state index >= 15 is 0 Å². The summed E-state index contributed by atoms with van der Waals surface area (Å²) in [5.41, 5.74) is 1.93. The summed E-state index contributed by atoms with van der Waals surface area (Å²) in [7, 11) is 1.64. The van der Waals surface area contributed by atoms with Gasteiger partial charge in [0, 0.05) is 19.3 Å². The Morgan fingerprint density at radius 2 is 1.83 bits per heavy atom. The standard InChI is InChI=1S/C17H14Cl2FN3O/c1-23(7-6-11-2-4-12(10-21)5-3-11)17(24)22-13-8-14(18)16(20)15(19)9-13/h2-5,8-9H,6-7H2,1H3,(H,22,24). The molecule has 0 spiro atoms. The van der Waals surface area contributed by atoms with Gasteiger partial charge < -0.3 is 10.2 Å². The number of hydrogen-bond donors (Lipinski definition) is 1. The van der Waals surface area contributed by atoms with Gasteiger partial charge in [0.05, 0.1) is 21.7 Å². The average Bonchev–Trinajstić information content (AvgIpc) is 2.57. The van der Waals surface area contributed by atoms with Crippen molar-refractivity contribution in [1.82, 2.24) is 4.90 Å². The normalized spacial score (nSPS) is 10.1. The van der Waals surface area contributed by atoms with Gasteiger partial charge in [-0.1, -0.05) is 35.3 Å². The van der Waals surface area contributed by atoms with Gasteiger partial charge in [-0.25, -0.2) is 9.18 Å². The predicted molar refractivity (Wildman–Crippen MR) is 92.9 cm³/mol. The van der Waals surface area contributed by atoms with Crippen LogP contribution >= 0.6 is 23.2 Å². The first-order chi connectivity index (χ1) is 11.4. The largest absolute Gasteiger partial charge is 0.327 e. The summed E-state index contributed by atoms with van der Waals surface area (Å²) in [5.74, 6) is -0.717. The lowest BCUT2D eigenvalue weighted by atomic mass is 10.1. The zero-order chi connectivity index (χ0) is 17.7. The SMILES string of the molecule is CN(CCc1ccc(C#N)cc1)C(=O)Nc1cc(Cl)c(F)c(Cl)c1. The maximum atomic E-state index is 13.4. The number of nitriles is 1. The second-order valence-corrected chi connectivity index (χ2v) is 5.98. The molecule has 0 unspecified atom stereocenters. The quantitative estimate of drug-likeness (QED) is 0.797. The second-order valence-electron chi connectivity index (χ2n) is 5.16. The first kappa shape index (κ1) is 18.1. The molecule has 0 fully saturated rings. The third kappa shape index (κ3) is 4.60. The Labute approximate surface area is 149 Å². The van der Waals surface area contributed by atoms with Crippen LogP contribution < -0.4 is 5.32 Å². The molecule has 0 radical (unpaired) electrons. The number of halogens is 3. The Morgan fingerprint density at radius 3 is 2.38 bits per heavy atom. The Morgan fingerprint density at radius 1 is 1.25 bits per heavy atom. The van der Waals surface area contributed by atoms with Crippen molar-refractivity contribution < 1.29 is 9.18 Å². The first-order valence-electron chi connectivity index (χ1n) is 7.06. The van der Waals surface area contributed by atoms with Crippen molar-refractivity contribution in [2.45, 2.75) is 6.42 Å². The molecule has 0 saturated heterocycles. The summed E-state index contributed by atoms with van der Waals surface area (Å²) in [6.07, 6.45) is 0.639. The first-order valence-corrected chi connectivity index (χ1v) is 7.82. The number of anilines is 1. The molecular weight excluding hydrogens is 352 g/mol. The van der Waals surface area contributed by atoms with E-state index in [-0.39, 0.29) is 16.1 Å². The van der Waals surface area contributed by atoms with Crippen LogP contribution in [0, 0.1) is 17.1 Å². The summed E-state index contributed by atoms with van der Waals surface area (Å²) in [6.45, 7) is 0.473. The molecule has 0 aliphatic heterocycles. The van der Waals surface area contributed by atoms with Crippen molar-refractivity contribution in [2.24, 2.45) is 0 Å². The molecule has 0 aliphatic rings. The van der Waals surface area contributed by atoms with Gasteiger partial charge in [-0.05, 0) is 36.2 Å². The topological polar surface area (TPSA) is 56.1 Å². The van der Waals surface area contributed by atoms with Crippen LogP contribution in [0.5, 0.6) is 0 Å². The lowest BCUT2D eigenvalue weighted by Gasteiger charge is -2.18. The maximum Gasteiger partial charge on any atom is 0.321 e. The van der Waals surface area contributed by atoms with Crippen molar-refractivity contribution in [3.8, 4) is 6.07 Å². The zero-order valence-corrected chi connectivity index (χ0v) is 14.3. The lowest BCUT2D eigenvalue weighted by Crippen LogP contribution is -2.33. The van der Waals surface area contributed by atoms with E-state index in [1.807, 2.05) is 12.1 Å². The van der Waals surface area contributed by atoms with Gasteiger partial charge in [0.1, 0.15) is 0 Å². The molecule has 0 bridgehead atoms. The van der Waals surface area contributed by atoms with Crippen LogP contribution in [0.3, 0.4) is 0 Å². The van der Waals surface area contributed by atoms with E-state index in [9.17, 15) is 9.18 Å². The molecule has 2 amide bonds. The Kier molecular flexibility index (Phi) is 6.02. The van der Waals surface area contributed by atoms with E-state index in [4.69, 9.17) is 28.5 Å². The Hall–Kier alpha value is -2.29. The van der Waals surface area contributed by atoms with E-state index < -0.39 is 5.82 Å². The molecule has 2 aromatic carbocycles. The predicted octanol–water partition coefficient (Wildman–Crippen LogP) is 4.71. The van der Waals surface area contributed by atoms with Gasteiger partial charge in [0.15, 0.2) is 5.82 Å². The van der Waals surface area contributed by atoms with Gasteiger partial charge in [0.25, 0.3) is 0 Å². The number of likely N-dealkylation sites (N-methyl/N-ethyl adjacent to an activating group) is 1. The molecule has 0 aromatic heterocycles. The van der Waals surface area contributed by atoms with Gasteiger partial charge in [0.2, 0.25) is 0 Å². The summed E-state index contributed by atoms with van der Waals surface area (Å²) >= 11 is 11.4. The highest BCUT2D eigenvalue weighted by Crippen LogP contribution is 2.27. The number of carbonyl (C=O) groups excluding carboxylic acids is 1. The van der Waals surface area contributed by atoms with E-state index in [1.165, 1.54) is 17.0 Å². The van der Waals surface area contributed by atoms with Gasteiger partial charge >= 0.3 is 6.03 Å². The minimum Gasteiger partial charge on any atom is -0.327 e. The molecule has 0 saturated carbocycles. The van der Waals surface area contributed by atoms with Crippen molar-refractivity contribution in [2.75, 3.05) is 18.9 Å². The fourth-order valence-corrected chi connectivity index (χ4v) is 2.48. The summed E-state index contributed by atoms with van der Waals surface area (Å²) in [5, 5.41) is 11.1. The van der Waals surface area contributed by atoms with Crippen molar-refractivity contribution >= 4 is 34.9 Å². The molecule has 124 valence electrons. The third-order valence-electron chi connectivity index (χ3n) is 3.40. The molecule has 2 rings (SSSR count). The average molecular weight is 366 g/mol. The van der Waals surface area contributed by atoms with Crippen LogP contribution in [0.2, 0.25) is 10.0 Å². The molecule has 4 nitrogen and oxygen atoms in total. The number of carbonyl (C=O) groups is 1. The fraction of sp³-hybridized carbons (Fsp3) is 0.176. The summed E-state index contributed by atoms with van der Waals surface area (Å²) < 4.78 is 13.4. The highest BCUT2D eigenvalue weighted by atomic mass is 35.5. The third-order valence-corrected chi connectivity index (χ3v) is 3.95. The molecule has 7 heteroatoms. The van der Waals surface area contributed by atoms with Crippen molar-refractivity contribution in [3.05, 3.63) is 63.4 Å². The van der Waals surface area contributed by atoms with Crippen LogP contribution in [0.4, 0.5) is 14.9 Å². The second kappa shape index (κ2) is 8.00. The van der Waals surface area contributed by atoms with E-state index in [0.717, 1.165) is 5.56 Å². The zero-order valence-electron chi connectivity index (χ0n) is 12.8. The maximum absolute atomic E-state index is 13.4. The van der Waals surface area contributed by atoms with E-state index in [2.05, 4.69) is 11.4 Å². The number of hydrogen-bond acceptors (Lipinski definition) is 2. The summed E-state index contributed by atoms with van der Waals surface area (Å²) in [4.78, 5) is 13.6. The van der Waals surface area contributed by atoms with Crippen molar-refractivity contribution in [3.63, 3.8) is 0 Å². The van der Waals surface area contributed by atoms with E-state index in [0.29, 0.717) is 24.2 Å². The van der Waals surface area contributed by atoms with Crippen LogP contribution in [0.15, 0.2) is 36.4 Å². The highest BCUT2D eigenvalue weighted by Gasteiger charge is 2.12. The fourth-order valence-electron chi connectivity index (χ4n) is 1.99. The molecule has 0 heterocycles. The molecule has 0 atom stereocenters. The molecule has 0 aliphatic carbocycles. The van der Waals surface area contributed by atoms with E-state index in [1.54, 1.807) is 19.2 Å². The van der Waals surface area contributed by atoms with Crippen LogP contribution in [0.1, 0.15) is 11.1 Å². The summed E-state index contributed by atoms with van der Waals surface area (Å²) in [6, 6.07) is 11.5. The van der Waals surface area contributed by atoms with Gasteiger partial charge in [-0.2, -0.15) is 5.26 Å². The highest BCUT2D eigenvalue weighted by molar-refractivity contribution is 6.35. The minimum atomic E-state index is -0.717. The smallest absolute Gasteiger partial charge is 0.321 e. The van der Waals surface area contributed by atoms with Crippen molar-refractivity contribution in [1.29, 1.82) is 5.26 Å². The number of nitrogens with one attached hydrogen (secondary N) is 1. The monoisotopic (exact) mass is 365 g/mol. The molecule has 24 heavy (non-hydrogen) atoms. The van der Waals surface area contributed by atoms with Crippen LogP contribution in [-0.4, -0.2) is 24.5 Å². The van der Waals surface area contributed by atoms with Gasteiger partial charge in [-0.3, -0.25) is 0 Å². The number of amides is 2. The molecule has 2 aromatic rings. The Balaban J connectivity index is 1.93. The minimum absolute atomic E-state index is 0.155.